The zero-order chi connectivity index (χ0) is 11.3. The van der Waals surface area contributed by atoms with Gasteiger partial charge in [0.15, 0.2) is 0 Å². The molecule has 86 valence electrons. The molecule has 1 aliphatic rings. The Morgan fingerprint density at radius 1 is 1.40 bits per heavy atom. The number of carboxylic acid groups (broad SMARTS) is 1. The highest BCUT2D eigenvalue weighted by Gasteiger charge is 2.23. The lowest BCUT2D eigenvalue weighted by atomic mass is 9.99. The summed E-state index contributed by atoms with van der Waals surface area (Å²) in [6, 6.07) is 0. The number of carboxylic acids is 1. The maximum Gasteiger partial charge on any atom is 0.303 e. The quantitative estimate of drug-likeness (QED) is 0.766. The van der Waals surface area contributed by atoms with Gasteiger partial charge in [-0.05, 0) is 12.8 Å². The molecule has 1 atom stereocenters. The lowest BCUT2D eigenvalue weighted by Crippen LogP contribution is -2.40. The number of halogens is 1. The van der Waals surface area contributed by atoms with Crippen LogP contribution in [0.1, 0.15) is 25.7 Å². The minimum absolute atomic E-state index is 0.0222. The number of likely N-dealkylation sites (tertiary alicyclic amines) is 1. The van der Waals surface area contributed by atoms with Crippen LogP contribution in [0.25, 0.3) is 0 Å². The highest BCUT2D eigenvalue weighted by Crippen LogP contribution is 2.17. The fraction of sp³-hybridized carbons (Fsp3) is 0.800. The zero-order valence-corrected chi connectivity index (χ0v) is 8.62. The molecule has 1 heterocycles. The topological polar surface area (TPSA) is 57.6 Å². The third-order valence-electron chi connectivity index (χ3n) is 2.64. The van der Waals surface area contributed by atoms with Gasteiger partial charge in [0.2, 0.25) is 5.91 Å². The summed E-state index contributed by atoms with van der Waals surface area (Å²) >= 11 is 0. The summed E-state index contributed by atoms with van der Waals surface area (Å²) in [6.07, 6.45) is 1.51. The fourth-order valence-corrected chi connectivity index (χ4v) is 1.79. The molecule has 15 heavy (non-hydrogen) atoms. The SMILES string of the molecule is O=C(O)CCC(=O)N1CCCC(CF)C1. The van der Waals surface area contributed by atoms with Crippen LogP contribution in [-0.4, -0.2) is 41.6 Å². The number of hydrogen-bond donors (Lipinski definition) is 1. The molecule has 0 aromatic rings. The van der Waals surface area contributed by atoms with Crippen LogP contribution in [0.5, 0.6) is 0 Å². The van der Waals surface area contributed by atoms with Gasteiger partial charge >= 0.3 is 5.97 Å². The third kappa shape index (κ3) is 3.85. The summed E-state index contributed by atoms with van der Waals surface area (Å²) in [6.45, 7) is 0.673. The largest absolute Gasteiger partial charge is 0.481 e. The van der Waals surface area contributed by atoms with E-state index in [2.05, 4.69) is 0 Å². The predicted octanol–water partition coefficient (Wildman–Crippen LogP) is 1.06. The van der Waals surface area contributed by atoms with E-state index >= 15 is 0 Å². The lowest BCUT2D eigenvalue weighted by Gasteiger charge is -2.31. The molecule has 1 amide bonds. The van der Waals surface area contributed by atoms with Gasteiger partial charge in [-0.3, -0.25) is 14.0 Å². The first-order valence-electron chi connectivity index (χ1n) is 5.19. The number of alkyl halides is 1. The van der Waals surface area contributed by atoms with Crippen molar-refractivity contribution in [2.45, 2.75) is 25.7 Å². The van der Waals surface area contributed by atoms with Gasteiger partial charge in [0.1, 0.15) is 0 Å². The Bertz CT molecular complexity index is 245. The normalized spacial score (nSPS) is 21.4. The molecule has 4 nitrogen and oxygen atoms in total. The van der Waals surface area contributed by atoms with Crippen LogP contribution in [0, 0.1) is 5.92 Å². The van der Waals surface area contributed by atoms with E-state index in [1.54, 1.807) is 4.90 Å². The van der Waals surface area contributed by atoms with Gasteiger partial charge in [-0.1, -0.05) is 0 Å². The van der Waals surface area contributed by atoms with Crippen LogP contribution < -0.4 is 0 Å². The Labute approximate surface area is 88.1 Å². The molecule has 5 heteroatoms. The zero-order valence-electron chi connectivity index (χ0n) is 8.62. The fourth-order valence-electron chi connectivity index (χ4n) is 1.79. The number of aliphatic carboxylic acids is 1. The van der Waals surface area contributed by atoms with Gasteiger partial charge in [0.05, 0.1) is 13.1 Å². The average Bonchev–Trinajstić information content (AvgIpc) is 2.26. The van der Waals surface area contributed by atoms with E-state index in [0.717, 1.165) is 12.8 Å². The van der Waals surface area contributed by atoms with Gasteiger partial charge in [-0.25, -0.2) is 0 Å². The van der Waals surface area contributed by atoms with Crippen molar-refractivity contribution >= 4 is 11.9 Å². The first kappa shape index (κ1) is 11.9. The van der Waals surface area contributed by atoms with Crippen molar-refractivity contribution in [2.24, 2.45) is 5.92 Å². The molecule has 0 aromatic heterocycles. The highest BCUT2D eigenvalue weighted by atomic mass is 19.1. The minimum atomic E-state index is -0.970. The van der Waals surface area contributed by atoms with Gasteiger partial charge in [0, 0.05) is 25.4 Å². The Kier molecular flexibility index (Phi) is 4.52. The van der Waals surface area contributed by atoms with Crippen LogP contribution in [-0.2, 0) is 9.59 Å². The standard InChI is InChI=1S/C10H16FNO3/c11-6-8-2-1-5-12(7-8)9(13)3-4-10(14)15/h8H,1-7H2,(H,14,15). The molecule has 0 aliphatic carbocycles. The number of amides is 1. The summed E-state index contributed by atoms with van der Waals surface area (Å²) in [5.41, 5.74) is 0. The number of carbonyl (C=O) groups excluding carboxylic acids is 1. The second-order valence-corrected chi connectivity index (χ2v) is 3.90. The smallest absolute Gasteiger partial charge is 0.303 e. The lowest BCUT2D eigenvalue weighted by molar-refractivity contribution is -0.141. The van der Waals surface area contributed by atoms with Crippen molar-refractivity contribution in [1.29, 1.82) is 0 Å². The van der Waals surface area contributed by atoms with Crippen molar-refractivity contribution in [3.05, 3.63) is 0 Å². The van der Waals surface area contributed by atoms with Gasteiger partial charge in [-0.15, -0.1) is 0 Å². The van der Waals surface area contributed by atoms with E-state index in [0.29, 0.717) is 13.1 Å². The number of nitrogens with zero attached hydrogens (tertiary/aromatic N) is 1. The molecule has 0 bridgehead atoms. The van der Waals surface area contributed by atoms with E-state index in [-0.39, 0.29) is 24.7 Å². The predicted molar refractivity (Wildman–Crippen MR) is 52.1 cm³/mol. The maximum absolute atomic E-state index is 12.4. The minimum Gasteiger partial charge on any atom is -0.481 e. The van der Waals surface area contributed by atoms with E-state index in [1.807, 2.05) is 0 Å². The molecule has 1 N–H and O–H groups in total. The highest BCUT2D eigenvalue weighted by molar-refractivity contribution is 5.80. The first-order chi connectivity index (χ1) is 7.13. The van der Waals surface area contributed by atoms with Crippen LogP contribution in [0.15, 0.2) is 0 Å². The first-order valence-corrected chi connectivity index (χ1v) is 5.19. The summed E-state index contributed by atoms with van der Waals surface area (Å²) in [4.78, 5) is 23.4. The Morgan fingerprint density at radius 2 is 2.13 bits per heavy atom. The van der Waals surface area contributed by atoms with Crippen molar-refractivity contribution in [2.75, 3.05) is 19.8 Å². The molecule has 1 rings (SSSR count). The second-order valence-electron chi connectivity index (χ2n) is 3.90. The summed E-state index contributed by atoms with van der Waals surface area (Å²) in [5, 5.41) is 8.43. The molecule has 1 unspecified atom stereocenters. The van der Waals surface area contributed by atoms with Gasteiger partial charge < -0.3 is 10.0 Å². The molecular formula is C10H16FNO3. The monoisotopic (exact) mass is 217 g/mol. The summed E-state index contributed by atoms with van der Waals surface area (Å²) < 4.78 is 12.4. The number of piperidine rings is 1. The van der Waals surface area contributed by atoms with Crippen molar-refractivity contribution < 1.29 is 19.1 Å². The maximum atomic E-state index is 12.4. The van der Waals surface area contributed by atoms with E-state index in [9.17, 15) is 14.0 Å². The summed E-state index contributed by atoms with van der Waals surface area (Å²) in [5.74, 6) is -1.20. The van der Waals surface area contributed by atoms with E-state index in [1.165, 1.54) is 0 Å². The summed E-state index contributed by atoms with van der Waals surface area (Å²) in [7, 11) is 0. The van der Waals surface area contributed by atoms with Gasteiger partial charge in [-0.2, -0.15) is 0 Å². The third-order valence-corrected chi connectivity index (χ3v) is 2.64. The number of carbonyl (C=O) groups is 2. The number of rotatable bonds is 4. The Hall–Kier alpha value is -1.13. The van der Waals surface area contributed by atoms with Crippen LogP contribution >= 0.6 is 0 Å². The Balaban J connectivity index is 2.35. The number of hydrogen-bond acceptors (Lipinski definition) is 2. The second kappa shape index (κ2) is 5.68. The van der Waals surface area contributed by atoms with Crippen molar-refractivity contribution in [3.8, 4) is 0 Å². The molecule has 1 saturated heterocycles. The van der Waals surface area contributed by atoms with Crippen molar-refractivity contribution in [1.82, 2.24) is 4.90 Å². The molecule has 0 saturated carbocycles. The Morgan fingerprint density at radius 3 is 2.73 bits per heavy atom. The van der Waals surface area contributed by atoms with Crippen LogP contribution in [0.3, 0.4) is 0 Å². The van der Waals surface area contributed by atoms with Crippen LogP contribution in [0.2, 0.25) is 0 Å². The van der Waals surface area contributed by atoms with Crippen LogP contribution in [0.4, 0.5) is 4.39 Å². The molecule has 1 fully saturated rings. The van der Waals surface area contributed by atoms with E-state index in [4.69, 9.17) is 5.11 Å². The molecule has 0 aromatic carbocycles. The van der Waals surface area contributed by atoms with E-state index < -0.39 is 12.6 Å². The molecule has 0 spiro atoms. The molecule has 1 aliphatic heterocycles. The average molecular weight is 217 g/mol. The van der Waals surface area contributed by atoms with Gasteiger partial charge in [0.25, 0.3) is 0 Å². The molecule has 0 radical (unpaired) electrons. The molecular weight excluding hydrogens is 201 g/mol. The van der Waals surface area contributed by atoms with Crippen molar-refractivity contribution in [3.63, 3.8) is 0 Å².